The van der Waals surface area contributed by atoms with E-state index in [2.05, 4.69) is 0 Å². The van der Waals surface area contributed by atoms with Crippen molar-refractivity contribution in [3.05, 3.63) is 0 Å². The molecule has 2 aliphatic heterocycles. The Balaban J connectivity index is 1.56. The van der Waals surface area contributed by atoms with Crippen molar-refractivity contribution in [2.75, 3.05) is 39.4 Å². The van der Waals surface area contributed by atoms with Gasteiger partial charge in [0, 0.05) is 32.1 Å². The number of rotatable bonds is 2. The van der Waals surface area contributed by atoms with Crippen LogP contribution in [0.25, 0.3) is 0 Å². The zero-order chi connectivity index (χ0) is 13.9. The molecule has 1 aliphatic carbocycles. The first-order valence-electron chi connectivity index (χ1n) is 7.91. The highest BCUT2D eigenvalue weighted by molar-refractivity contribution is 5.82. The summed E-state index contributed by atoms with van der Waals surface area (Å²) in [7, 11) is 0. The third kappa shape index (κ3) is 2.82. The molecule has 0 spiro atoms. The van der Waals surface area contributed by atoms with Crippen molar-refractivity contribution in [3.8, 4) is 0 Å². The molecule has 1 atom stereocenters. The van der Waals surface area contributed by atoms with Gasteiger partial charge in [-0.3, -0.25) is 9.59 Å². The highest BCUT2D eigenvalue weighted by Crippen LogP contribution is 2.30. The van der Waals surface area contributed by atoms with Gasteiger partial charge in [-0.05, 0) is 25.7 Å². The number of piperidine rings is 1. The minimum Gasteiger partial charge on any atom is -0.378 e. The van der Waals surface area contributed by atoms with Crippen LogP contribution in [0.2, 0.25) is 0 Å². The lowest BCUT2D eigenvalue weighted by molar-refractivity contribution is -0.146. The minimum atomic E-state index is 0.00544. The van der Waals surface area contributed by atoms with Crippen molar-refractivity contribution in [3.63, 3.8) is 0 Å². The van der Waals surface area contributed by atoms with Gasteiger partial charge in [0.2, 0.25) is 11.8 Å². The Bertz CT molecular complexity index is 375. The van der Waals surface area contributed by atoms with Crippen LogP contribution in [0, 0.1) is 11.8 Å². The number of morpholine rings is 1. The lowest BCUT2D eigenvalue weighted by atomic mass is 9.83. The molecule has 1 saturated carbocycles. The monoisotopic (exact) mass is 280 g/mol. The van der Waals surface area contributed by atoms with E-state index < -0.39 is 0 Å². The molecule has 0 unspecified atom stereocenters. The molecule has 20 heavy (non-hydrogen) atoms. The molecule has 2 amide bonds. The molecular weight excluding hydrogens is 256 g/mol. The summed E-state index contributed by atoms with van der Waals surface area (Å²) in [6.45, 7) is 4.15. The molecule has 0 aromatic carbocycles. The highest BCUT2D eigenvalue weighted by Gasteiger charge is 2.35. The molecule has 0 N–H and O–H groups in total. The Kier molecular flexibility index (Phi) is 4.24. The summed E-state index contributed by atoms with van der Waals surface area (Å²) in [6, 6.07) is 0. The SMILES string of the molecule is O=C(C1CCC1)N1CCC[C@@H](C(=O)N2CCOCC2)C1. The molecular formula is C15H24N2O3. The largest absolute Gasteiger partial charge is 0.378 e. The maximum absolute atomic E-state index is 12.5. The summed E-state index contributed by atoms with van der Waals surface area (Å²) < 4.78 is 5.29. The van der Waals surface area contributed by atoms with E-state index in [1.54, 1.807) is 0 Å². The quantitative estimate of drug-likeness (QED) is 0.754. The normalized spacial score (nSPS) is 28.1. The maximum Gasteiger partial charge on any atom is 0.227 e. The number of likely N-dealkylation sites (tertiary alicyclic amines) is 1. The van der Waals surface area contributed by atoms with Crippen molar-refractivity contribution >= 4 is 11.8 Å². The van der Waals surface area contributed by atoms with Crippen molar-refractivity contribution < 1.29 is 14.3 Å². The van der Waals surface area contributed by atoms with Crippen molar-refractivity contribution in [2.24, 2.45) is 11.8 Å². The van der Waals surface area contributed by atoms with Gasteiger partial charge in [0.15, 0.2) is 0 Å². The van der Waals surface area contributed by atoms with Gasteiger partial charge < -0.3 is 14.5 Å². The average Bonchev–Trinajstić information content (AvgIpc) is 2.46. The van der Waals surface area contributed by atoms with Crippen LogP contribution in [-0.4, -0.2) is 61.0 Å². The number of ether oxygens (including phenoxy) is 1. The van der Waals surface area contributed by atoms with E-state index in [9.17, 15) is 9.59 Å². The van der Waals surface area contributed by atoms with Gasteiger partial charge >= 0.3 is 0 Å². The molecule has 0 bridgehead atoms. The fourth-order valence-electron chi connectivity index (χ4n) is 3.33. The molecule has 2 heterocycles. The molecule has 0 aromatic rings. The summed E-state index contributed by atoms with van der Waals surface area (Å²) in [6.07, 6.45) is 5.14. The second kappa shape index (κ2) is 6.12. The Morgan fingerprint density at radius 2 is 1.45 bits per heavy atom. The smallest absolute Gasteiger partial charge is 0.227 e. The Labute approximate surface area is 120 Å². The van der Waals surface area contributed by atoms with Gasteiger partial charge in [-0.25, -0.2) is 0 Å². The van der Waals surface area contributed by atoms with Gasteiger partial charge in [-0.2, -0.15) is 0 Å². The summed E-state index contributed by atoms with van der Waals surface area (Å²) in [5.74, 6) is 0.758. The van der Waals surface area contributed by atoms with Gasteiger partial charge in [-0.15, -0.1) is 0 Å². The van der Waals surface area contributed by atoms with E-state index >= 15 is 0 Å². The van der Waals surface area contributed by atoms with E-state index in [-0.39, 0.29) is 23.7 Å². The molecule has 3 aliphatic rings. The van der Waals surface area contributed by atoms with E-state index in [1.165, 1.54) is 6.42 Å². The van der Waals surface area contributed by atoms with Crippen LogP contribution >= 0.6 is 0 Å². The van der Waals surface area contributed by atoms with Gasteiger partial charge in [0.25, 0.3) is 0 Å². The third-order valence-corrected chi connectivity index (χ3v) is 4.86. The number of amides is 2. The second-order valence-electron chi connectivity index (χ2n) is 6.19. The fraction of sp³-hybridized carbons (Fsp3) is 0.867. The third-order valence-electron chi connectivity index (χ3n) is 4.86. The summed E-state index contributed by atoms with van der Waals surface area (Å²) >= 11 is 0. The minimum absolute atomic E-state index is 0.00544. The van der Waals surface area contributed by atoms with E-state index in [1.807, 2.05) is 9.80 Å². The van der Waals surface area contributed by atoms with Crippen molar-refractivity contribution in [2.45, 2.75) is 32.1 Å². The Morgan fingerprint density at radius 3 is 2.10 bits per heavy atom. The summed E-state index contributed by atoms with van der Waals surface area (Å²) in [5.41, 5.74) is 0. The average molecular weight is 280 g/mol. The number of carbonyl (C=O) groups is 2. The zero-order valence-electron chi connectivity index (χ0n) is 12.1. The topological polar surface area (TPSA) is 49.9 Å². The predicted molar refractivity (Wildman–Crippen MR) is 74.0 cm³/mol. The van der Waals surface area contributed by atoms with Crippen LogP contribution < -0.4 is 0 Å². The molecule has 112 valence electrons. The van der Waals surface area contributed by atoms with Crippen molar-refractivity contribution in [1.82, 2.24) is 9.80 Å². The molecule has 2 saturated heterocycles. The van der Waals surface area contributed by atoms with Crippen LogP contribution in [0.15, 0.2) is 0 Å². The van der Waals surface area contributed by atoms with Crippen LogP contribution in [0.4, 0.5) is 0 Å². The van der Waals surface area contributed by atoms with E-state index in [4.69, 9.17) is 4.74 Å². The number of hydrogen-bond donors (Lipinski definition) is 0. The zero-order valence-corrected chi connectivity index (χ0v) is 12.1. The molecule has 0 radical (unpaired) electrons. The number of hydrogen-bond acceptors (Lipinski definition) is 3. The lowest BCUT2D eigenvalue weighted by Crippen LogP contribution is -2.51. The molecule has 5 heteroatoms. The Morgan fingerprint density at radius 1 is 0.800 bits per heavy atom. The first-order chi connectivity index (χ1) is 9.75. The van der Waals surface area contributed by atoms with Gasteiger partial charge in [-0.1, -0.05) is 6.42 Å². The predicted octanol–water partition coefficient (Wildman–Crippen LogP) is 0.884. The van der Waals surface area contributed by atoms with Crippen molar-refractivity contribution in [1.29, 1.82) is 0 Å². The maximum atomic E-state index is 12.5. The van der Waals surface area contributed by atoms with Crippen LogP contribution in [-0.2, 0) is 14.3 Å². The summed E-state index contributed by atoms with van der Waals surface area (Å²) in [4.78, 5) is 28.7. The van der Waals surface area contributed by atoms with Gasteiger partial charge in [0.05, 0.1) is 19.1 Å². The fourth-order valence-corrected chi connectivity index (χ4v) is 3.33. The standard InChI is InChI=1S/C15H24N2O3/c18-14(12-3-1-4-12)17-6-2-5-13(11-17)15(19)16-7-9-20-10-8-16/h12-13H,1-11H2/t13-/m1/s1. The first-order valence-corrected chi connectivity index (χ1v) is 7.91. The second-order valence-corrected chi connectivity index (χ2v) is 6.19. The summed E-state index contributed by atoms with van der Waals surface area (Å²) in [5, 5.41) is 0. The molecule has 3 fully saturated rings. The highest BCUT2D eigenvalue weighted by atomic mass is 16.5. The molecule has 5 nitrogen and oxygen atoms in total. The molecule has 0 aromatic heterocycles. The van der Waals surface area contributed by atoms with Crippen LogP contribution in [0.5, 0.6) is 0 Å². The lowest BCUT2D eigenvalue weighted by Gasteiger charge is -2.38. The van der Waals surface area contributed by atoms with E-state index in [0.717, 1.165) is 32.2 Å². The first kappa shape index (κ1) is 13.9. The molecule has 3 rings (SSSR count). The van der Waals surface area contributed by atoms with Crippen LogP contribution in [0.1, 0.15) is 32.1 Å². The number of nitrogens with zero attached hydrogens (tertiary/aromatic N) is 2. The van der Waals surface area contributed by atoms with E-state index in [0.29, 0.717) is 32.8 Å². The van der Waals surface area contributed by atoms with Crippen LogP contribution in [0.3, 0.4) is 0 Å². The Hall–Kier alpha value is -1.10. The number of carbonyl (C=O) groups excluding carboxylic acids is 2. The van der Waals surface area contributed by atoms with Gasteiger partial charge in [0.1, 0.15) is 0 Å².